The summed E-state index contributed by atoms with van der Waals surface area (Å²) in [7, 11) is 0. The van der Waals surface area contributed by atoms with Crippen molar-refractivity contribution in [2.45, 2.75) is 51.0 Å². The van der Waals surface area contributed by atoms with Crippen LogP contribution in [-0.4, -0.2) is 40.0 Å². The topological polar surface area (TPSA) is 79.2 Å². The Morgan fingerprint density at radius 2 is 1.73 bits per heavy atom. The third-order valence-electron chi connectivity index (χ3n) is 7.42. The van der Waals surface area contributed by atoms with Crippen molar-refractivity contribution in [1.82, 2.24) is 15.1 Å². The molecule has 6 nitrogen and oxygen atoms in total. The van der Waals surface area contributed by atoms with E-state index in [0.717, 1.165) is 36.2 Å². The Morgan fingerprint density at radius 3 is 2.40 bits per heavy atom. The van der Waals surface area contributed by atoms with Crippen molar-refractivity contribution in [3.63, 3.8) is 0 Å². The average molecular weight is 409 g/mol. The molecule has 4 saturated carbocycles. The molecule has 30 heavy (non-hydrogen) atoms. The molecule has 6 heteroatoms. The van der Waals surface area contributed by atoms with Crippen molar-refractivity contribution in [3.05, 3.63) is 42.1 Å². The highest BCUT2D eigenvalue weighted by Gasteiger charge is 2.48. The Balaban J connectivity index is 1.36. The second-order valence-corrected chi connectivity index (χ2v) is 9.44. The van der Waals surface area contributed by atoms with Crippen LogP contribution < -0.4 is 10.6 Å². The highest BCUT2D eigenvalue weighted by atomic mass is 16.2. The predicted molar refractivity (Wildman–Crippen MR) is 117 cm³/mol. The van der Waals surface area contributed by atoms with Gasteiger partial charge >= 0.3 is 0 Å². The summed E-state index contributed by atoms with van der Waals surface area (Å²) in [5.41, 5.74) is 1.53. The largest absolute Gasteiger partial charge is 0.396 e. The van der Waals surface area contributed by atoms with Crippen LogP contribution in [0.4, 0.5) is 5.82 Å². The van der Waals surface area contributed by atoms with E-state index >= 15 is 0 Å². The van der Waals surface area contributed by atoms with Gasteiger partial charge in [-0.2, -0.15) is 5.10 Å². The van der Waals surface area contributed by atoms with Crippen LogP contribution in [0, 0.1) is 23.7 Å². The van der Waals surface area contributed by atoms with Gasteiger partial charge < -0.3 is 15.7 Å². The molecule has 4 bridgehead atoms. The maximum Gasteiger partial charge on any atom is 0.256 e. The third kappa shape index (κ3) is 3.73. The number of para-hydroxylation sites is 1. The van der Waals surface area contributed by atoms with Crippen molar-refractivity contribution in [2.24, 2.45) is 23.7 Å². The summed E-state index contributed by atoms with van der Waals surface area (Å²) in [6, 6.07) is 10.2. The van der Waals surface area contributed by atoms with E-state index in [9.17, 15) is 4.79 Å². The minimum Gasteiger partial charge on any atom is -0.396 e. The number of nitrogens with zero attached hydrogens (tertiary/aromatic N) is 2. The minimum absolute atomic E-state index is 0.0145. The number of carbonyl (C=O) groups is 1. The van der Waals surface area contributed by atoms with Crippen molar-refractivity contribution >= 4 is 11.7 Å². The van der Waals surface area contributed by atoms with E-state index in [1.165, 1.54) is 32.1 Å². The smallest absolute Gasteiger partial charge is 0.256 e. The summed E-state index contributed by atoms with van der Waals surface area (Å²) in [5.74, 6) is 3.81. The van der Waals surface area contributed by atoms with Crippen LogP contribution in [-0.2, 0) is 0 Å². The molecule has 4 fully saturated rings. The van der Waals surface area contributed by atoms with Crippen LogP contribution in [0.1, 0.15) is 55.3 Å². The maximum absolute atomic E-state index is 13.3. The van der Waals surface area contributed by atoms with Gasteiger partial charge in [-0.25, -0.2) is 4.68 Å². The SMILES string of the molecule is O=C(NC1C2CC3CC(C2)CC1C3)c1cnn(-c2ccccc2)c1NCCCCO. The zero-order valence-corrected chi connectivity index (χ0v) is 17.5. The van der Waals surface area contributed by atoms with E-state index < -0.39 is 0 Å². The van der Waals surface area contributed by atoms with Gasteiger partial charge in [0.1, 0.15) is 11.4 Å². The van der Waals surface area contributed by atoms with Crippen LogP contribution in [0.3, 0.4) is 0 Å². The Hall–Kier alpha value is -2.34. The molecule has 1 aromatic heterocycles. The number of unbranched alkanes of at least 4 members (excludes halogenated alkanes) is 1. The fourth-order valence-electron chi connectivity index (χ4n) is 6.28. The molecule has 3 N–H and O–H groups in total. The van der Waals surface area contributed by atoms with Gasteiger partial charge in [0.15, 0.2) is 0 Å². The number of benzene rings is 1. The monoisotopic (exact) mass is 408 g/mol. The Kier molecular flexibility index (Phi) is 5.50. The average Bonchev–Trinajstić information content (AvgIpc) is 3.18. The van der Waals surface area contributed by atoms with Gasteiger partial charge in [0.05, 0.1) is 11.9 Å². The fraction of sp³-hybridized carbons (Fsp3) is 0.583. The van der Waals surface area contributed by atoms with Crippen molar-refractivity contribution in [3.8, 4) is 5.69 Å². The van der Waals surface area contributed by atoms with Crippen molar-refractivity contribution in [2.75, 3.05) is 18.5 Å². The lowest BCUT2D eigenvalue weighted by atomic mass is 9.54. The first kappa shape index (κ1) is 19.6. The quantitative estimate of drug-likeness (QED) is 0.583. The van der Waals surface area contributed by atoms with E-state index in [4.69, 9.17) is 5.11 Å². The first-order valence-corrected chi connectivity index (χ1v) is 11.5. The van der Waals surface area contributed by atoms with Gasteiger partial charge in [0.25, 0.3) is 5.91 Å². The van der Waals surface area contributed by atoms with Gasteiger partial charge in [0.2, 0.25) is 0 Å². The molecule has 1 heterocycles. The maximum atomic E-state index is 13.3. The molecule has 160 valence electrons. The summed E-state index contributed by atoms with van der Waals surface area (Å²) in [4.78, 5) is 13.3. The lowest BCUT2D eigenvalue weighted by Gasteiger charge is -2.54. The number of nitrogens with one attached hydrogen (secondary N) is 2. The highest BCUT2D eigenvalue weighted by molar-refractivity contribution is 5.99. The molecule has 4 aliphatic carbocycles. The second-order valence-electron chi connectivity index (χ2n) is 9.44. The van der Waals surface area contributed by atoms with Gasteiger partial charge in [-0.05, 0) is 80.8 Å². The highest BCUT2D eigenvalue weighted by Crippen LogP contribution is 2.53. The third-order valence-corrected chi connectivity index (χ3v) is 7.42. The van der Waals surface area contributed by atoms with Crippen molar-refractivity contribution in [1.29, 1.82) is 0 Å². The summed E-state index contributed by atoms with van der Waals surface area (Å²) in [6.45, 7) is 0.872. The van der Waals surface area contributed by atoms with E-state index in [-0.39, 0.29) is 12.5 Å². The summed E-state index contributed by atoms with van der Waals surface area (Å²) >= 11 is 0. The van der Waals surface area contributed by atoms with Gasteiger partial charge in [-0.3, -0.25) is 4.79 Å². The lowest BCUT2D eigenvalue weighted by Crippen LogP contribution is -2.55. The van der Waals surface area contributed by atoms with Crippen LogP contribution in [0.15, 0.2) is 36.5 Å². The first-order chi connectivity index (χ1) is 14.7. The van der Waals surface area contributed by atoms with E-state index in [0.29, 0.717) is 30.0 Å². The van der Waals surface area contributed by atoms with Crippen LogP contribution >= 0.6 is 0 Å². The number of carbonyl (C=O) groups excluding carboxylic acids is 1. The van der Waals surface area contributed by atoms with Crippen LogP contribution in [0.5, 0.6) is 0 Å². The normalized spacial score (nSPS) is 29.2. The molecule has 6 rings (SSSR count). The summed E-state index contributed by atoms with van der Waals surface area (Å²) in [5, 5.41) is 20.4. The number of rotatable bonds is 8. The number of amides is 1. The molecule has 0 saturated heterocycles. The number of aliphatic hydroxyl groups is 1. The number of aliphatic hydroxyl groups excluding tert-OH is 1. The molecule has 0 unspecified atom stereocenters. The Bertz CT molecular complexity index is 851. The molecule has 2 aromatic rings. The standard InChI is InChI=1S/C24H32N4O2/c29-9-5-4-8-25-23-21(15-26-28(23)20-6-2-1-3-7-20)24(30)27-22-18-11-16-10-17(13-18)14-19(22)12-16/h1-3,6-7,15-19,22,25,29H,4-5,8-14H2,(H,27,30). The predicted octanol–water partition coefficient (Wildman–Crippen LogP) is 3.61. The molecular weight excluding hydrogens is 376 g/mol. The molecule has 1 aromatic carbocycles. The number of hydrogen-bond donors (Lipinski definition) is 3. The van der Waals surface area contributed by atoms with Crippen molar-refractivity contribution < 1.29 is 9.90 Å². The molecule has 0 radical (unpaired) electrons. The van der Waals surface area contributed by atoms with E-state index in [1.54, 1.807) is 6.20 Å². The summed E-state index contributed by atoms with van der Waals surface area (Å²) in [6.07, 6.45) is 9.82. The van der Waals surface area contributed by atoms with Gasteiger partial charge in [-0.15, -0.1) is 0 Å². The second kappa shape index (κ2) is 8.42. The number of anilines is 1. The number of hydrogen-bond acceptors (Lipinski definition) is 4. The van der Waals surface area contributed by atoms with Gasteiger partial charge in [0, 0.05) is 19.2 Å². The first-order valence-electron chi connectivity index (χ1n) is 11.5. The summed E-state index contributed by atoms with van der Waals surface area (Å²) < 4.78 is 1.81. The molecule has 1 amide bonds. The molecule has 0 atom stereocenters. The zero-order chi connectivity index (χ0) is 20.5. The molecule has 0 aliphatic heterocycles. The Morgan fingerprint density at radius 1 is 1.03 bits per heavy atom. The van der Waals surface area contributed by atoms with E-state index in [1.807, 2.05) is 35.0 Å². The zero-order valence-electron chi connectivity index (χ0n) is 17.5. The van der Waals surface area contributed by atoms with Gasteiger partial charge in [-0.1, -0.05) is 18.2 Å². The van der Waals surface area contributed by atoms with Crippen LogP contribution in [0.25, 0.3) is 5.69 Å². The lowest BCUT2D eigenvalue weighted by molar-refractivity contribution is -0.0119. The number of aromatic nitrogens is 2. The molecule has 4 aliphatic rings. The molecular formula is C24H32N4O2. The molecule has 0 spiro atoms. The van der Waals surface area contributed by atoms with Crippen LogP contribution in [0.2, 0.25) is 0 Å². The fourth-order valence-corrected chi connectivity index (χ4v) is 6.28. The minimum atomic E-state index is -0.0145. The Labute approximate surface area is 178 Å². The van der Waals surface area contributed by atoms with E-state index in [2.05, 4.69) is 15.7 Å².